The van der Waals surface area contributed by atoms with Gasteiger partial charge < -0.3 is 14.2 Å². The van der Waals surface area contributed by atoms with Gasteiger partial charge in [0.25, 0.3) is 0 Å². The van der Waals surface area contributed by atoms with Crippen LogP contribution in [-0.2, 0) is 28.6 Å². The van der Waals surface area contributed by atoms with Gasteiger partial charge in [-0.2, -0.15) is 0 Å². The molecule has 0 aromatic heterocycles. The van der Waals surface area contributed by atoms with Crippen LogP contribution in [0.3, 0.4) is 0 Å². The lowest BCUT2D eigenvalue weighted by molar-refractivity contribution is -0.167. The third-order valence-corrected chi connectivity index (χ3v) is 15.0. The predicted octanol–water partition coefficient (Wildman–Crippen LogP) is 22.1. The van der Waals surface area contributed by atoms with Crippen molar-refractivity contribution in [3.05, 3.63) is 12.2 Å². The van der Waals surface area contributed by atoms with E-state index < -0.39 is 6.10 Å². The number of hydrogen-bond donors (Lipinski definition) is 0. The molecule has 0 heterocycles. The largest absolute Gasteiger partial charge is 0.462 e. The van der Waals surface area contributed by atoms with E-state index in [0.717, 1.165) is 57.8 Å². The fourth-order valence-electron chi connectivity index (χ4n) is 10.1. The van der Waals surface area contributed by atoms with Crippen LogP contribution >= 0.6 is 0 Å². The Hall–Kier alpha value is -1.85. The third kappa shape index (κ3) is 59.0. The maximum atomic E-state index is 12.9. The average Bonchev–Trinajstić information content (AvgIpc) is 3.38. The van der Waals surface area contributed by atoms with Crippen molar-refractivity contribution in [3.63, 3.8) is 0 Å². The highest BCUT2D eigenvalue weighted by Crippen LogP contribution is 2.18. The van der Waals surface area contributed by atoms with Crippen molar-refractivity contribution >= 4 is 17.9 Å². The van der Waals surface area contributed by atoms with Gasteiger partial charge in [-0.1, -0.05) is 322 Å². The van der Waals surface area contributed by atoms with Crippen molar-refractivity contribution < 1.29 is 28.6 Å². The molecule has 0 saturated heterocycles. The zero-order valence-corrected chi connectivity index (χ0v) is 49.0. The topological polar surface area (TPSA) is 78.9 Å². The number of hydrogen-bond acceptors (Lipinski definition) is 6. The first-order valence-corrected chi connectivity index (χ1v) is 32.7. The van der Waals surface area contributed by atoms with E-state index in [4.69, 9.17) is 14.2 Å². The van der Waals surface area contributed by atoms with Crippen molar-refractivity contribution in [1.29, 1.82) is 0 Å². The highest BCUT2D eigenvalue weighted by Gasteiger charge is 2.19. The first-order valence-electron chi connectivity index (χ1n) is 32.7. The van der Waals surface area contributed by atoms with Crippen LogP contribution in [0.4, 0.5) is 0 Å². The molecule has 0 aromatic carbocycles. The monoisotopic (exact) mass is 1010 g/mol. The molecule has 72 heavy (non-hydrogen) atoms. The minimum Gasteiger partial charge on any atom is -0.462 e. The summed E-state index contributed by atoms with van der Waals surface area (Å²) in [4.78, 5) is 38.3. The summed E-state index contributed by atoms with van der Waals surface area (Å²) in [5.41, 5.74) is 0. The Bertz CT molecular complexity index is 1120. The van der Waals surface area contributed by atoms with Crippen molar-refractivity contribution in [2.45, 2.75) is 380 Å². The van der Waals surface area contributed by atoms with E-state index in [2.05, 4.69) is 32.9 Å². The van der Waals surface area contributed by atoms with E-state index in [1.54, 1.807) is 0 Å². The van der Waals surface area contributed by atoms with Crippen LogP contribution in [0.2, 0.25) is 0 Å². The van der Waals surface area contributed by atoms with Gasteiger partial charge in [-0.05, 0) is 44.9 Å². The van der Waals surface area contributed by atoms with Gasteiger partial charge in [0.15, 0.2) is 6.10 Å². The molecule has 0 fully saturated rings. The zero-order valence-electron chi connectivity index (χ0n) is 49.0. The lowest BCUT2D eigenvalue weighted by Gasteiger charge is -2.18. The van der Waals surface area contributed by atoms with Gasteiger partial charge in [-0.25, -0.2) is 0 Å². The van der Waals surface area contributed by atoms with Crippen LogP contribution < -0.4 is 0 Å². The molecule has 0 spiro atoms. The summed E-state index contributed by atoms with van der Waals surface area (Å²) in [6.45, 7) is 6.72. The summed E-state index contributed by atoms with van der Waals surface area (Å²) in [6.07, 6.45) is 72.2. The van der Waals surface area contributed by atoms with Gasteiger partial charge in [0.1, 0.15) is 13.2 Å². The quantitative estimate of drug-likeness (QED) is 0.0261. The highest BCUT2D eigenvalue weighted by molar-refractivity contribution is 5.71. The standard InChI is InChI=1S/C66H126O6/c1-4-7-10-13-16-19-22-25-28-30-32-33-35-36-38-41-44-47-50-53-56-59-65(68)71-62-63(61-70-64(67)58-55-52-49-46-43-40-27-24-21-18-15-12-9-6-3)72-66(69)60-57-54-51-48-45-42-39-37-34-31-29-26-23-20-17-14-11-8-5-2/h30,32,63H,4-29,31,33-62H2,1-3H3/b32-30-. The predicted molar refractivity (Wildman–Crippen MR) is 312 cm³/mol. The molecule has 0 aliphatic rings. The molecular weight excluding hydrogens is 889 g/mol. The maximum absolute atomic E-state index is 12.9. The molecule has 0 rings (SSSR count). The number of unbranched alkanes of at least 4 members (excludes halogenated alkanes) is 48. The van der Waals surface area contributed by atoms with Gasteiger partial charge in [0, 0.05) is 19.3 Å². The molecule has 0 amide bonds. The highest BCUT2D eigenvalue weighted by atomic mass is 16.6. The number of carbonyl (C=O) groups excluding carboxylic acids is 3. The fraction of sp³-hybridized carbons (Fsp3) is 0.924. The van der Waals surface area contributed by atoms with E-state index in [1.165, 1.54) is 276 Å². The Labute approximate surface area is 450 Å². The summed E-state index contributed by atoms with van der Waals surface area (Å²) < 4.78 is 17.0. The van der Waals surface area contributed by atoms with Crippen LogP contribution in [-0.4, -0.2) is 37.2 Å². The van der Waals surface area contributed by atoms with Crippen LogP contribution in [0.1, 0.15) is 374 Å². The van der Waals surface area contributed by atoms with Gasteiger partial charge in [-0.15, -0.1) is 0 Å². The molecular formula is C66H126O6. The molecule has 0 N–H and O–H groups in total. The van der Waals surface area contributed by atoms with Crippen LogP contribution in [0, 0.1) is 0 Å². The van der Waals surface area contributed by atoms with E-state index in [0.29, 0.717) is 19.3 Å². The normalized spacial score (nSPS) is 12.0. The Balaban J connectivity index is 4.27. The van der Waals surface area contributed by atoms with Crippen LogP contribution in [0.15, 0.2) is 12.2 Å². The Morgan fingerprint density at radius 3 is 0.694 bits per heavy atom. The van der Waals surface area contributed by atoms with E-state index >= 15 is 0 Å². The van der Waals surface area contributed by atoms with E-state index in [1.807, 2.05) is 0 Å². The van der Waals surface area contributed by atoms with Crippen LogP contribution in [0.25, 0.3) is 0 Å². The van der Waals surface area contributed by atoms with Gasteiger partial charge in [0.05, 0.1) is 0 Å². The Morgan fingerprint density at radius 1 is 0.264 bits per heavy atom. The minimum atomic E-state index is -0.766. The Morgan fingerprint density at radius 2 is 0.458 bits per heavy atom. The molecule has 6 heteroatoms. The SMILES string of the molecule is CCCCCCCCCC/C=C\CCCCCCCCCCCC(=O)OCC(COC(=O)CCCCCCCCCCCCCCCC)OC(=O)CCCCCCCCCCCCCCCCCCCCC. The number of rotatable bonds is 61. The molecule has 426 valence electrons. The van der Waals surface area contributed by atoms with Crippen molar-refractivity contribution in [2.24, 2.45) is 0 Å². The number of esters is 3. The number of ether oxygens (including phenoxy) is 3. The first kappa shape index (κ1) is 70.1. The summed E-state index contributed by atoms with van der Waals surface area (Å²) >= 11 is 0. The van der Waals surface area contributed by atoms with E-state index in [9.17, 15) is 14.4 Å². The summed E-state index contributed by atoms with van der Waals surface area (Å²) in [6, 6.07) is 0. The lowest BCUT2D eigenvalue weighted by Crippen LogP contribution is -2.30. The van der Waals surface area contributed by atoms with Crippen molar-refractivity contribution in [1.82, 2.24) is 0 Å². The summed E-state index contributed by atoms with van der Waals surface area (Å²) in [7, 11) is 0. The summed E-state index contributed by atoms with van der Waals surface area (Å²) in [5, 5.41) is 0. The maximum Gasteiger partial charge on any atom is 0.306 e. The van der Waals surface area contributed by atoms with Crippen molar-refractivity contribution in [3.8, 4) is 0 Å². The lowest BCUT2D eigenvalue weighted by atomic mass is 10.0. The van der Waals surface area contributed by atoms with Gasteiger partial charge in [-0.3, -0.25) is 14.4 Å². The fourth-order valence-corrected chi connectivity index (χ4v) is 10.1. The van der Waals surface area contributed by atoms with Crippen LogP contribution in [0.5, 0.6) is 0 Å². The molecule has 0 bridgehead atoms. The number of allylic oxidation sites excluding steroid dienone is 2. The van der Waals surface area contributed by atoms with Gasteiger partial charge in [0.2, 0.25) is 0 Å². The Kier molecular flexibility index (Phi) is 60.1. The molecule has 0 aliphatic carbocycles. The summed E-state index contributed by atoms with van der Waals surface area (Å²) in [5.74, 6) is -0.834. The molecule has 1 unspecified atom stereocenters. The minimum absolute atomic E-state index is 0.0638. The zero-order chi connectivity index (χ0) is 52.2. The second-order valence-corrected chi connectivity index (χ2v) is 22.4. The first-order chi connectivity index (χ1) is 35.5. The number of carbonyl (C=O) groups is 3. The average molecular weight is 1020 g/mol. The molecule has 0 aliphatic heterocycles. The van der Waals surface area contributed by atoms with Gasteiger partial charge >= 0.3 is 17.9 Å². The van der Waals surface area contributed by atoms with Crippen molar-refractivity contribution in [2.75, 3.05) is 13.2 Å². The second kappa shape index (κ2) is 61.7. The molecule has 1 atom stereocenters. The molecule has 0 radical (unpaired) electrons. The third-order valence-electron chi connectivity index (χ3n) is 15.0. The van der Waals surface area contributed by atoms with E-state index in [-0.39, 0.29) is 31.1 Å². The molecule has 6 nitrogen and oxygen atoms in total. The smallest absolute Gasteiger partial charge is 0.306 e. The second-order valence-electron chi connectivity index (χ2n) is 22.4. The molecule has 0 aromatic rings. The molecule has 0 saturated carbocycles.